The summed E-state index contributed by atoms with van der Waals surface area (Å²) in [5, 5.41) is 4.18. The van der Waals surface area contributed by atoms with Gasteiger partial charge in [-0.15, -0.1) is 0 Å². The minimum atomic E-state index is 0.544. The molecule has 0 aromatic carbocycles. The van der Waals surface area contributed by atoms with Gasteiger partial charge in [-0.3, -0.25) is 4.68 Å². The van der Waals surface area contributed by atoms with Gasteiger partial charge < -0.3 is 9.47 Å². The standard InChI is InChI=1S/C12H14BrN3O2/c1-2-17-6-5-16-9-11(8-15-16)18-12-4-3-10(13)7-14-12/h3-4,7-9H,2,5-6H2,1H3. The fourth-order valence-electron chi connectivity index (χ4n) is 1.37. The average Bonchev–Trinajstić information content (AvgIpc) is 2.80. The summed E-state index contributed by atoms with van der Waals surface area (Å²) in [6.45, 7) is 4.05. The minimum Gasteiger partial charge on any atom is -0.436 e. The first kappa shape index (κ1) is 13.0. The topological polar surface area (TPSA) is 49.2 Å². The number of rotatable bonds is 6. The second-order valence-electron chi connectivity index (χ2n) is 3.55. The Kier molecular flexibility index (Phi) is 4.72. The van der Waals surface area contributed by atoms with Crippen LogP contribution in [0.25, 0.3) is 0 Å². The maximum Gasteiger partial charge on any atom is 0.219 e. The Morgan fingerprint density at radius 3 is 2.94 bits per heavy atom. The molecule has 96 valence electrons. The Balaban J connectivity index is 1.91. The van der Waals surface area contributed by atoms with Gasteiger partial charge in [0, 0.05) is 23.3 Å². The molecule has 0 fully saturated rings. The van der Waals surface area contributed by atoms with Gasteiger partial charge in [0.1, 0.15) is 0 Å². The molecule has 2 aromatic heterocycles. The molecule has 0 saturated heterocycles. The monoisotopic (exact) mass is 311 g/mol. The molecule has 2 heterocycles. The van der Waals surface area contributed by atoms with Crippen molar-refractivity contribution in [1.82, 2.24) is 14.8 Å². The summed E-state index contributed by atoms with van der Waals surface area (Å²) in [5.41, 5.74) is 0. The van der Waals surface area contributed by atoms with Crippen LogP contribution in [-0.4, -0.2) is 28.0 Å². The van der Waals surface area contributed by atoms with Crippen LogP contribution in [0.4, 0.5) is 0 Å². The molecule has 0 saturated carbocycles. The van der Waals surface area contributed by atoms with Crippen molar-refractivity contribution in [2.24, 2.45) is 0 Å². The first-order chi connectivity index (χ1) is 8.78. The van der Waals surface area contributed by atoms with Crippen molar-refractivity contribution >= 4 is 15.9 Å². The Morgan fingerprint density at radius 2 is 2.22 bits per heavy atom. The number of pyridine rings is 1. The number of nitrogens with zero attached hydrogens (tertiary/aromatic N) is 3. The number of ether oxygens (including phenoxy) is 2. The zero-order valence-corrected chi connectivity index (χ0v) is 11.6. The predicted octanol–water partition coefficient (Wildman–Crippen LogP) is 2.87. The maximum atomic E-state index is 5.56. The fraction of sp³-hybridized carbons (Fsp3) is 0.333. The Labute approximate surface area is 114 Å². The first-order valence-electron chi connectivity index (χ1n) is 5.67. The van der Waals surface area contributed by atoms with E-state index >= 15 is 0 Å². The molecule has 6 heteroatoms. The fourth-order valence-corrected chi connectivity index (χ4v) is 1.60. The summed E-state index contributed by atoms with van der Waals surface area (Å²) in [6, 6.07) is 3.67. The molecule has 0 amide bonds. The van der Waals surface area contributed by atoms with E-state index in [1.807, 2.05) is 19.2 Å². The Bertz CT molecular complexity index is 484. The lowest BCUT2D eigenvalue weighted by atomic mass is 10.5. The lowest BCUT2D eigenvalue weighted by Gasteiger charge is -2.02. The molecule has 18 heavy (non-hydrogen) atoms. The van der Waals surface area contributed by atoms with Crippen LogP contribution < -0.4 is 4.74 Å². The van der Waals surface area contributed by atoms with E-state index in [9.17, 15) is 0 Å². The summed E-state index contributed by atoms with van der Waals surface area (Å²) >= 11 is 3.32. The van der Waals surface area contributed by atoms with Crippen LogP contribution in [0.3, 0.4) is 0 Å². The normalized spacial score (nSPS) is 10.6. The van der Waals surface area contributed by atoms with Crippen LogP contribution in [0.5, 0.6) is 11.6 Å². The van der Waals surface area contributed by atoms with E-state index in [1.54, 1.807) is 23.1 Å². The third-order valence-corrected chi connectivity index (χ3v) is 2.67. The minimum absolute atomic E-state index is 0.544. The molecule has 0 atom stereocenters. The lowest BCUT2D eigenvalue weighted by Crippen LogP contribution is -2.05. The molecule has 2 rings (SSSR count). The van der Waals surface area contributed by atoms with E-state index in [4.69, 9.17) is 9.47 Å². The van der Waals surface area contributed by atoms with Crippen molar-refractivity contribution in [3.8, 4) is 11.6 Å². The first-order valence-corrected chi connectivity index (χ1v) is 6.47. The number of halogens is 1. The largest absolute Gasteiger partial charge is 0.436 e. The highest BCUT2D eigenvalue weighted by Gasteiger charge is 2.02. The molecular formula is C12H14BrN3O2. The van der Waals surface area contributed by atoms with Crippen molar-refractivity contribution in [1.29, 1.82) is 0 Å². The summed E-state index contributed by atoms with van der Waals surface area (Å²) in [5.74, 6) is 1.21. The molecule has 0 unspecified atom stereocenters. The maximum absolute atomic E-state index is 5.56. The predicted molar refractivity (Wildman–Crippen MR) is 70.7 cm³/mol. The highest BCUT2D eigenvalue weighted by molar-refractivity contribution is 9.10. The van der Waals surface area contributed by atoms with Crippen LogP contribution in [-0.2, 0) is 11.3 Å². The molecule has 0 bridgehead atoms. The van der Waals surface area contributed by atoms with E-state index < -0.39 is 0 Å². The third kappa shape index (κ3) is 3.82. The molecule has 5 nitrogen and oxygen atoms in total. The molecule has 2 aromatic rings. The second kappa shape index (κ2) is 6.51. The van der Waals surface area contributed by atoms with E-state index in [1.165, 1.54) is 0 Å². The third-order valence-electron chi connectivity index (χ3n) is 2.20. The van der Waals surface area contributed by atoms with E-state index in [0.717, 1.165) is 4.47 Å². The average molecular weight is 312 g/mol. The molecule has 0 N–H and O–H groups in total. The molecule has 0 spiro atoms. The smallest absolute Gasteiger partial charge is 0.219 e. The molecule has 0 aliphatic rings. The van der Waals surface area contributed by atoms with Gasteiger partial charge in [-0.05, 0) is 28.9 Å². The number of aromatic nitrogens is 3. The van der Waals surface area contributed by atoms with E-state index in [-0.39, 0.29) is 0 Å². The van der Waals surface area contributed by atoms with Crippen LogP contribution in [0.2, 0.25) is 0 Å². The molecule has 0 radical (unpaired) electrons. The molecule has 0 aliphatic carbocycles. The van der Waals surface area contributed by atoms with Crippen molar-refractivity contribution < 1.29 is 9.47 Å². The van der Waals surface area contributed by atoms with Gasteiger partial charge in [-0.25, -0.2) is 4.98 Å². The molecule has 0 aliphatic heterocycles. The van der Waals surface area contributed by atoms with Crippen molar-refractivity contribution in [2.45, 2.75) is 13.5 Å². The van der Waals surface area contributed by atoms with Crippen LogP contribution >= 0.6 is 15.9 Å². The second-order valence-corrected chi connectivity index (χ2v) is 4.47. The van der Waals surface area contributed by atoms with Gasteiger partial charge >= 0.3 is 0 Å². The van der Waals surface area contributed by atoms with Crippen LogP contribution in [0.15, 0.2) is 35.2 Å². The SMILES string of the molecule is CCOCCn1cc(Oc2ccc(Br)cn2)cn1. The highest BCUT2D eigenvalue weighted by Crippen LogP contribution is 2.19. The lowest BCUT2D eigenvalue weighted by molar-refractivity contribution is 0.136. The zero-order valence-electron chi connectivity index (χ0n) is 10.0. The van der Waals surface area contributed by atoms with Crippen LogP contribution in [0, 0.1) is 0 Å². The van der Waals surface area contributed by atoms with Crippen molar-refractivity contribution in [3.05, 3.63) is 35.2 Å². The zero-order chi connectivity index (χ0) is 12.8. The van der Waals surface area contributed by atoms with E-state index in [2.05, 4.69) is 26.0 Å². The van der Waals surface area contributed by atoms with Crippen molar-refractivity contribution in [2.75, 3.05) is 13.2 Å². The van der Waals surface area contributed by atoms with Gasteiger partial charge in [0.15, 0.2) is 5.75 Å². The van der Waals surface area contributed by atoms with Gasteiger partial charge in [0.2, 0.25) is 5.88 Å². The number of hydrogen-bond acceptors (Lipinski definition) is 4. The van der Waals surface area contributed by atoms with Crippen molar-refractivity contribution in [3.63, 3.8) is 0 Å². The van der Waals surface area contributed by atoms with Gasteiger partial charge in [-0.1, -0.05) is 0 Å². The quantitative estimate of drug-likeness (QED) is 0.770. The van der Waals surface area contributed by atoms with Gasteiger partial charge in [-0.2, -0.15) is 5.10 Å². The highest BCUT2D eigenvalue weighted by atomic mass is 79.9. The Hall–Kier alpha value is -1.40. The number of hydrogen-bond donors (Lipinski definition) is 0. The van der Waals surface area contributed by atoms with Gasteiger partial charge in [0.25, 0.3) is 0 Å². The summed E-state index contributed by atoms with van der Waals surface area (Å²) < 4.78 is 13.5. The Morgan fingerprint density at radius 1 is 1.33 bits per heavy atom. The summed E-state index contributed by atoms with van der Waals surface area (Å²) in [6.07, 6.45) is 5.17. The van der Waals surface area contributed by atoms with Crippen LogP contribution in [0.1, 0.15) is 6.92 Å². The molecular weight excluding hydrogens is 298 g/mol. The summed E-state index contributed by atoms with van der Waals surface area (Å²) in [7, 11) is 0. The summed E-state index contributed by atoms with van der Waals surface area (Å²) in [4.78, 5) is 4.13. The van der Waals surface area contributed by atoms with E-state index in [0.29, 0.717) is 31.4 Å². The van der Waals surface area contributed by atoms with Gasteiger partial charge in [0.05, 0.1) is 25.5 Å².